The fraction of sp³-hybridized carbons (Fsp3) is 0.647. The molecule has 1 aromatic rings. The first-order valence-corrected chi connectivity index (χ1v) is 7.85. The number of nitrogens with zero attached hydrogens (tertiary/aromatic N) is 1. The van der Waals surface area contributed by atoms with Crippen molar-refractivity contribution in [1.29, 1.82) is 0 Å². The first kappa shape index (κ1) is 12.7. The lowest BCUT2D eigenvalue weighted by Gasteiger charge is -2.60. The van der Waals surface area contributed by atoms with Gasteiger partial charge in [0.05, 0.1) is 20.1 Å². The number of rotatable bonds is 0. The van der Waals surface area contributed by atoms with Crippen LogP contribution in [0.1, 0.15) is 43.2 Å². The van der Waals surface area contributed by atoms with Gasteiger partial charge in [0.25, 0.3) is 0 Å². The molecule has 1 aliphatic heterocycles. The van der Waals surface area contributed by atoms with E-state index in [1.54, 1.807) is 6.07 Å². The van der Waals surface area contributed by atoms with Gasteiger partial charge in [-0.05, 0) is 42.5 Å². The Morgan fingerprint density at radius 1 is 1.20 bits per heavy atom. The number of hydroxylamine groups is 3. The van der Waals surface area contributed by atoms with Crippen LogP contribution in [0.3, 0.4) is 0 Å². The Hall–Kier alpha value is -1.06. The van der Waals surface area contributed by atoms with E-state index in [0.29, 0.717) is 5.75 Å². The van der Waals surface area contributed by atoms with Crippen LogP contribution in [0.4, 0.5) is 0 Å². The maximum Gasteiger partial charge on any atom is 0.115 e. The SMILES string of the molecule is C[N+]1([O-])CCC23CCCCC2(Cc2ccc(O)cc23)C1. The lowest BCUT2D eigenvalue weighted by molar-refractivity contribution is -0.876. The molecule has 0 spiro atoms. The molecule has 20 heavy (non-hydrogen) atoms. The molecule has 0 aromatic heterocycles. The van der Waals surface area contributed by atoms with Crippen LogP contribution < -0.4 is 0 Å². The van der Waals surface area contributed by atoms with Crippen LogP contribution in [-0.4, -0.2) is 29.9 Å². The fourth-order valence-electron chi connectivity index (χ4n) is 5.56. The van der Waals surface area contributed by atoms with Crippen LogP contribution in [0.15, 0.2) is 18.2 Å². The average molecular weight is 273 g/mol. The number of aromatic hydroxyl groups is 1. The Morgan fingerprint density at radius 3 is 2.85 bits per heavy atom. The second kappa shape index (κ2) is 3.77. The molecule has 3 aliphatic rings. The van der Waals surface area contributed by atoms with Crippen LogP contribution in [0.2, 0.25) is 0 Å². The topological polar surface area (TPSA) is 43.3 Å². The molecule has 3 atom stereocenters. The predicted molar refractivity (Wildman–Crippen MR) is 78.3 cm³/mol. The summed E-state index contributed by atoms with van der Waals surface area (Å²) in [5.41, 5.74) is 3.06. The van der Waals surface area contributed by atoms with E-state index in [4.69, 9.17) is 0 Å². The second-order valence-corrected chi connectivity index (χ2v) is 7.52. The zero-order valence-electron chi connectivity index (χ0n) is 12.2. The Kier molecular flexibility index (Phi) is 2.39. The first-order chi connectivity index (χ1) is 9.47. The van der Waals surface area contributed by atoms with Crippen LogP contribution in [0, 0.1) is 10.6 Å². The lowest BCUT2D eigenvalue weighted by atomic mass is 9.53. The summed E-state index contributed by atoms with van der Waals surface area (Å²) >= 11 is 0. The number of phenolic OH excluding ortho intramolecular Hbond substituents is 1. The summed E-state index contributed by atoms with van der Waals surface area (Å²) in [6.45, 7) is 1.47. The molecule has 2 aliphatic carbocycles. The smallest absolute Gasteiger partial charge is 0.115 e. The van der Waals surface area contributed by atoms with Crippen molar-refractivity contribution in [1.82, 2.24) is 0 Å². The van der Waals surface area contributed by atoms with Crippen molar-refractivity contribution in [3.63, 3.8) is 0 Å². The molecule has 0 bridgehead atoms. The maximum absolute atomic E-state index is 12.6. The van der Waals surface area contributed by atoms with Gasteiger partial charge in [-0.1, -0.05) is 18.9 Å². The summed E-state index contributed by atoms with van der Waals surface area (Å²) < 4.78 is -0.0816. The fourth-order valence-corrected chi connectivity index (χ4v) is 5.56. The highest BCUT2D eigenvalue weighted by molar-refractivity contribution is 5.48. The second-order valence-electron chi connectivity index (χ2n) is 7.52. The van der Waals surface area contributed by atoms with E-state index < -0.39 is 0 Å². The number of hydrogen-bond acceptors (Lipinski definition) is 2. The average Bonchev–Trinajstić information content (AvgIpc) is 2.67. The van der Waals surface area contributed by atoms with Gasteiger partial charge in [-0.2, -0.15) is 0 Å². The highest BCUT2D eigenvalue weighted by Crippen LogP contribution is 2.64. The minimum absolute atomic E-state index is 0.0816. The number of likely N-dealkylation sites (tertiary alicyclic amines) is 1. The van der Waals surface area contributed by atoms with Crippen LogP contribution in [-0.2, 0) is 11.8 Å². The number of fused-ring (bicyclic) bond motifs is 1. The van der Waals surface area contributed by atoms with E-state index in [0.717, 1.165) is 25.9 Å². The minimum Gasteiger partial charge on any atom is -0.633 e. The summed E-state index contributed by atoms with van der Waals surface area (Å²) in [6.07, 6.45) is 6.92. The van der Waals surface area contributed by atoms with Crippen molar-refractivity contribution in [3.8, 4) is 5.75 Å². The van der Waals surface area contributed by atoms with E-state index in [9.17, 15) is 10.3 Å². The summed E-state index contributed by atoms with van der Waals surface area (Å²) in [7, 11) is 1.84. The van der Waals surface area contributed by atoms with Gasteiger partial charge in [-0.15, -0.1) is 0 Å². The predicted octanol–water partition coefficient (Wildman–Crippen LogP) is 3.09. The molecule has 3 unspecified atom stereocenters. The largest absolute Gasteiger partial charge is 0.633 e. The van der Waals surface area contributed by atoms with Gasteiger partial charge < -0.3 is 15.0 Å². The normalized spacial score (nSPS) is 42.7. The molecular formula is C17H23NO2. The molecule has 1 heterocycles. The monoisotopic (exact) mass is 273 g/mol. The third-order valence-corrected chi connectivity index (χ3v) is 6.31. The zero-order valence-corrected chi connectivity index (χ0v) is 12.2. The molecule has 4 rings (SSSR count). The molecule has 1 aromatic carbocycles. The van der Waals surface area contributed by atoms with Crippen LogP contribution in [0.5, 0.6) is 5.75 Å². The van der Waals surface area contributed by atoms with Gasteiger partial charge in [0, 0.05) is 17.3 Å². The van der Waals surface area contributed by atoms with Crippen LogP contribution in [0.25, 0.3) is 0 Å². The van der Waals surface area contributed by atoms with E-state index in [-0.39, 0.29) is 15.5 Å². The Labute approximate surface area is 120 Å². The minimum atomic E-state index is -0.0816. The van der Waals surface area contributed by atoms with Gasteiger partial charge in [0.1, 0.15) is 5.75 Å². The summed E-state index contributed by atoms with van der Waals surface area (Å²) in [5.74, 6) is 0.379. The van der Waals surface area contributed by atoms with E-state index in [1.807, 2.05) is 13.1 Å². The molecule has 0 amide bonds. The van der Waals surface area contributed by atoms with Gasteiger partial charge in [0.15, 0.2) is 0 Å². The van der Waals surface area contributed by atoms with Crippen molar-refractivity contribution in [2.24, 2.45) is 5.41 Å². The van der Waals surface area contributed by atoms with Crippen molar-refractivity contribution in [3.05, 3.63) is 34.5 Å². The molecule has 0 radical (unpaired) electrons. The molecule has 108 valence electrons. The summed E-state index contributed by atoms with van der Waals surface area (Å²) in [5, 5.41) is 22.5. The van der Waals surface area contributed by atoms with Gasteiger partial charge in [0.2, 0.25) is 0 Å². The Morgan fingerprint density at radius 2 is 2.00 bits per heavy atom. The molecule has 1 saturated carbocycles. The van der Waals surface area contributed by atoms with Crippen molar-refractivity contribution in [2.45, 2.75) is 43.9 Å². The van der Waals surface area contributed by atoms with Crippen molar-refractivity contribution in [2.75, 3.05) is 20.1 Å². The number of phenols is 1. The Balaban J connectivity index is 1.90. The maximum atomic E-state index is 12.6. The first-order valence-electron chi connectivity index (χ1n) is 7.85. The zero-order chi connectivity index (χ0) is 14.0. The van der Waals surface area contributed by atoms with Gasteiger partial charge in [-0.25, -0.2) is 0 Å². The van der Waals surface area contributed by atoms with E-state index in [2.05, 4.69) is 6.07 Å². The number of piperidine rings is 1. The molecule has 3 nitrogen and oxygen atoms in total. The molecule has 3 heteroatoms. The summed E-state index contributed by atoms with van der Waals surface area (Å²) in [4.78, 5) is 0. The highest BCUT2D eigenvalue weighted by atomic mass is 16.5. The highest BCUT2D eigenvalue weighted by Gasteiger charge is 2.62. The standard InChI is InChI=1S/C17H23NO2/c1-18(20)9-8-17-7-3-2-6-16(17,12-18)11-13-4-5-14(19)10-15(13)17/h4-5,10,19H,2-3,6-9,11-12H2,1H3. The van der Waals surface area contributed by atoms with E-state index in [1.165, 1.54) is 36.8 Å². The van der Waals surface area contributed by atoms with Gasteiger partial charge in [-0.3, -0.25) is 0 Å². The molecular weight excluding hydrogens is 250 g/mol. The number of quaternary nitrogens is 1. The van der Waals surface area contributed by atoms with Crippen LogP contribution >= 0.6 is 0 Å². The molecule has 1 N–H and O–H groups in total. The van der Waals surface area contributed by atoms with Crippen molar-refractivity contribution < 1.29 is 9.75 Å². The third-order valence-electron chi connectivity index (χ3n) is 6.31. The quantitative estimate of drug-likeness (QED) is 0.583. The molecule has 1 saturated heterocycles. The van der Waals surface area contributed by atoms with E-state index >= 15 is 0 Å². The van der Waals surface area contributed by atoms with Crippen molar-refractivity contribution >= 4 is 0 Å². The Bertz CT molecular complexity index is 568. The third kappa shape index (κ3) is 1.48. The number of benzene rings is 1. The van der Waals surface area contributed by atoms with Gasteiger partial charge >= 0.3 is 0 Å². The lowest BCUT2D eigenvalue weighted by Crippen LogP contribution is -2.62. The molecule has 2 fully saturated rings. The number of hydrogen-bond donors (Lipinski definition) is 1. The summed E-state index contributed by atoms with van der Waals surface area (Å²) in [6, 6.07) is 5.89.